The highest BCUT2D eigenvalue weighted by molar-refractivity contribution is 7.89. The molecule has 1 aromatic heterocycles. The number of unbranched alkanes of at least 4 members (excludes halogenated alkanes) is 1. The van der Waals surface area contributed by atoms with Crippen molar-refractivity contribution in [2.45, 2.75) is 44.3 Å². The zero-order valence-electron chi connectivity index (χ0n) is 16.1. The van der Waals surface area contributed by atoms with Crippen LogP contribution in [0, 0.1) is 5.82 Å². The third-order valence-electron chi connectivity index (χ3n) is 4.35. The van der Waals surface area contributed by atoms with Crippen molar-refractivity contribution >= 4 is 15.8 Å². The van der Waals surface area contributed by atoms with Gasteiger partial charge in [0.1, 0.15) is 16.5 Å². The molecule has 0 unspecified atom stereocenters. The first-order chi connectivity index (χ1) is 13.6. The van der Waals surface area contributed by atoms with Gasteiger partial charge < -0.3 is 4.90 Å². The lowest BCUT2D eigenvalue weighted by Gasteiger charge is -2.21. The Morgan fingerprint density at radius 3 is 2.41 bits per heavy atom. The van der Waals surface area contributed by atoms with Crippen LogP contribution in [-0.2, 0) is 22.7 Å². The molecule has 0 aliphatic rings. The molecule has 0 spiro atoms. The lowest BCUT2D eigenvalue weighted by atomic mass is 10.1. The highest BCUT2D eigenvalue weighted by atomic mass is 32.2. The number of halogens is 4. The fraction of sp³-hybridized carbons (Fsp3) is 0.421. The second kappa shape index (κ2) is 9.53. The van der Waals surface area contributed by atoms with Gasteiger partial charge in [-0.05, 0) is 43.2 Å². The summed E-state index contributed by atoms with van der Waals surface area (Å²) in [5.74, 6) is -0.426. The number of aromatic nitrogens is 1. The molecule has 2 aromatic rings. The fourth-order valence-corrected chi connectivity index (χ4v) is 3.68. The van der Waals surface area contributed by atoms with Gasteiger partial charge >= 0.3 is 6.18 Å². The minimum atomic E-state index is -4.80. The highest BCUT2D eigenvalue weighted by Gasteiger charge is 2.34. The second-order valence-corrected chi connectivity index (χ2v) is 8.18. The summed E-state index contributed by atoms with van der Waals surface area (Å²) < 4.78 is 79.3. The molecule has 0 aliphatic heterocycles. The van der Waals surface area contributed by atoms with E-state index < -0.39 is 34.1 Å². The van der Waals surface area contributed by atoms with Crippen LogP contribution in [0.15, 0.2) is 41.4 Å². The summed E-state index contributed by atoms with van der Waals surface area (Å²) in [7, 11) is -4.09. The van der Waals surface area contributed by atoms with Crippen LogP contribution in [0.1, 0.15) is 37.8 Å². The van der Waals surface area contributed by atoms with Crippen LogP contribution in [0.3, 0.4) is 0 Å². The predicted molar refractivity (Wildman–Crippen MR) is 102 cm³/mol. The molecule has 0 aliphatic carbocycles. The Morgan fingerprint density at radius 2 is 1.86 bits per heavy atom. The lowest BCUT2D eigenvalue weighted by molar-refractivity contribution is -0.138. The van der Waals surface area contributed by atoms with Crippen LogP contribution in [0.25, 0.3) is 0 Å². The van der Waals surface area contributed by atoms with Crippen molar-refractivity contribution < 1.29 is 26.0 Å². The van der Waals surface area contributed by atoms with Gasteiger partial charge in [-0.25, -0.2) is 22.5 Å². The maximum absolute atomic E-state index is 13.2. The second-order valence-electron chi connectivity index (χ2n) is 6.41. The Morgan fingerprint density at radius 1 is 1.14 bits per heavy atom. The molecule has 0 bridgehead atoms. The van der Waals surface area contributed by atoms with Crippen LogP contribution in [0.2, 0.25) is 0 Å². The average Bonchev–Trinajstić information content (AvgIpc) is 2.67. The quantitative estimate of drug-likeness (QED) is 0.598. The molecule has 1 aromatic carbocycles. The van der Waals surface area contributed by atoms with E-state index >= 15 is 0 Å². The summed E-state index contributed by atoms with van der Waals surface area (Å²) >= 11 is 0. The molecule has 0 saturated heterocycles. The highest BCUT2D eigenvalue weighted by Crippen LogP contribution is 2.32. The minimum Gasteiger partial charge on any atom is -0.357 e. The zero-order valence-corrected chi connectivity index (χ0v) is 16.9. The predicted octanol–water partition coefficient (Wildman–Crippen LogP) is 4.34. The van der Waals surface area contributed by atoms with E-state index in [9.17, 15) is 26.0 Å². The van der Waals surface area contributed by atoms with Crippen LogP contribution >= 0.6 is 0 Å². The van der Waals surface area contributed by atoms with Crippen LogP contribution in [-0.4, -0.2) is 26.5 Å². The molecule has 1 N–H and O–H groups in total. The Hall–Kier alpha value is -2.20. The smallest absolute Gasteiger partial charge is 0.357 e. The van der Waals surface area contributed by atoms with Crippen molar-refractivity contribution in [3.05, 3.63) is 53.5 Å². The number of nitrogens with one attached hydrogen (secondary N) is 1. The van der Waals surface area contributed by atoms with Gasteiger partial charge in [0.05, 0.1) is 5.56 Å². The lowest BCUT2D eigenvalue weighted by Crippen LogP contribution is -2.26. The number of rotatable bonds is 9. The number of alkyl halides is 3. The largest absolute Gasteiger partial charge is 0.416 e. The summed E-state index contributed by atoms with van der Waals surface area (Å²) in [6.07, 6.45) is -1.65. The van der Waals surface area contributed by atoms with Gasteiger partial charge in [0.25, 0.3) is 0 Å². The summed E-state index contributed by atoms with van der Waals surface area (Å²) in [6, 6.07) is 5.02. The molecular weight excluding hydrogens is 410 g/mol. The first-order valence-corrected chi connectivity index (χ1v) is 10.6. The van der Waals surface area contributed by atoms with Gasteiger partial charge in [-0.2, -0.15) is 13.2 Å². The molecule has 0 fully saturated rings. The molecule has 10 heteroatoms. The SMILES string of the molecule is CCCCN(CC)c1ccc(S(=O)(=O)NCc2ccc(F)cc2C(F)(F)F)cn1. The van der Waals surface area contributed by atoms with Crippen LogP contribution in [0.5, 0.6) is 0 Å². The van der Waals surface area contributed by atoms with Crippen LogP contribution in [0.4, 0.5) is 23.4 Å². The Balaban J connectivity index is 2.16. The molecule has 29 heavy (non-hydrogen) atoms. The molecule has 160 valence electrons. The molecule has 1 heterocycles. The monoisotopic (exact) mass is 433 g/mol. The number of hydrogen-bond donors (Lipinski definition) is 1. The van der Waals surface area contributed by atoms with Gasteiger partial charge in [-0.3, -0.25) is 0 Å². The van der Waals surface area contributed by atoms with E-state index in [4.69, 9.17) is 0 Å². The first-order valence-electron chi connectivity index (χ1n) is 9.14. The molecular formula is C19H23F4N3O2S. The molecule has 5 nitrogen and oxygen atoms in total. The van der Waals surface area contributed by atoms with E-state index in [0.29, 0.717) is 18.4 Å². The van der Waals surface area contributed by atoms with Crippen molar-refractivity contribution in [3.63, 3.8) is 0 Å². The van der Waals surface area contributed by atoms with Crippen LogP contribution < -0.4 is 9.62 Å². The first kappa shape index (κ1) is 23.1. The molecule has 0 atom stereocenters. The normalized spacial score (nSPS) is 12.2. The molecule has 0 radical (unpaired) electrons. The maximum Gasteiger partial charge on any atom is 0.416 e. The standard InChI is InChI=1S/C19H23F4N3O2S/c1-3-5-10-26(4-2)18-9-8-16(13-24-18)29(27,28)25-12-14-6-7-15(20)11-17(14)19(21,22)23/h6-9,11,13,25H,3-5,10,12H2,1-2H3. The van der Waals surface area contributed by atoms with Gasteiger partial charge in [-0.15, -0.1) is 0 Å². The Bertz CT molecular complexity index is 916. The van der Waals surface area contributed by atoms with Gasteiger partial charge in [0.15, 0.2) is 0 Å². The average molecular weight is 433 g/mol. The topological polar surface area (TPSA) is 62.3 Å². The van der Waals surface area contributed by atoms with E-state index in [1.54, 1.807) is 6.07 Å². The third kappa shape index (κ3) is 6.14. The van der Waals surface area contributed by atoms with Crippen molar-refractivity contribution in [2.24, 2.45) is 0 Å². The number of hydrogen-bond acceptors (Lipinski definition) is 4. The van der Waals surface area contributed by atoms with Crippen molar-refractivity contribution in [1.29, 1.82) is 0 Å². The maximum atomic E-state index is 13.2. The van der Waals surface area contributed by atoms with Gasteiger partial charge in [0.2, 0.25) is 10.0 Å². The molecule has 0 saturated carbocycles. The van der Waals surface area contributed by atoms with E-state index in [0.717, 1.165) is 31.5 Å². The fourth-order valence-electron chi connectivity index (χ4n) is 2.72. The summed E-state index contributed by atoms with van der Waals surface area (Å²) in [4.78, 5) is 6.01. The third-order valence-corrected chi connectivity index (χ3v) is 5.73. The van der Waals surface area contributed by atoms with E-state index in [-0.39, 0.29) is 10.5 Å². The van der Waals surface area contributed by atoms with Gasteiger partial charge in [-0.1, -0.05) is 19.4 Å². The number of benzene rings is 1. The van der Waals surface area contributed by atoms with E-state index in [1.165, 1.54) is 12.3 Å². The number of sulfonamides is 1. The van der Waals surface area contributed by atoms with Crippen molar-refractivity contribution in [2.75, 3.05) is 18.0 Å². The summed E-state index contributed by atoms with van der Waals surface area (Å²) in [5, 5.41) is 0. The molecule has 0 amide bonds. The zero-order chi connectivity index (χ0) is 21.7. The van der Waals surface area contributed by atoms with Crippen molar-refractivity contribution in [3.8, 4) is 0 Å². The van der Waals surface area contributed by atoms with E-state index in [1.807, 2.05) is 11.8 Å². The van der Waals surface area contributed by atoms with Gasteiger partial charge in [0, 0.05) is 25.8 Å². The Kier molecular flexibility index (Phi) is 7.59. The number of nitrogens with zero attached hydrogens (tertiary/aromatic N) is 2. The molecule has 2 rings (SSSR count). The van der Waals surface area contributed by atoms with E-state index in [2.05, 4.69) is 16.6 Å². The van der Waals surface area contributed by atoms with Crippen molar-refractivity contribution in [1.82, 2.24) is 9.71 Å². The Labute approximate surface area is 167 Å². The summed E-state index contributed by atoms with van der Waals surface area (Å²) in [6.45, 7) is 4.90. The minimum absolute atomic E-state index is 0.163. The summed E-state index contributed by atoms with van der Waals surface area (Å²) in [5.41, 5.74) is -1.59. The number of pyridine rings is 1. The number of anilines is 1.